The lowest BCUT2D eigenvalue weighted by Crippen LogP contribution is -2.03. The van der Waals surface area contributed by atoms with Crippen LogP contribution >= 0.6 is 0 Å². The van der Waals surface area contributed by atoms with Gasteiger partial charge in [0.25, 0.3) is 0 Å². The van der Waals surface area contributed by atoms with Gasteiger partial charge in [-0.1, -0.05) is 62.1 Å². The summed E-state index contributed by atoms with van der Waals surface area (Å²) in [5.74, 6) is 1.12. The van der Waals surface area contributed by atoms with Gasteiger partial charge in [-0.2, -0.15) is 0 Å². The lowest BCUT2D eigenvalue weighted by Gasteiger charge is -2.09. The zero-order valence-electron chi connectivity index (χ0n) is 13.0. The maximum atomic E-state index is 12.5. The predicted octanol–water partition coefficient (Wildman–Crippen LogP) is 5.41. The molecule has 0 saturated heterocycles. The first kappa shape index (κ1) is 13.8. The number of hydrogen-bond donors (Lipinski definition) is 0. The van der Waals surface area contributed by atoms with Crippen molar-refractivity contribution in [2.75, 3.05) is 0 Å². The minimum absolute atomic E-state index is 0.325. The van der Waals surface area contributed by atoms with Crippen LogP contribution in [-0.2, 0) is 6.42 Å². The van der Waals surface area contributed by atoms with Crippen LogP contribution in [0.5, 0.6) is 0 Å². The van der Waals surface area contributed by atoms with Gasteiger partial charge in [0.05, 0.1) is 0 Å². The highest BCUT2D eigenvalue weighted by Crippen LogP contribution is 2.37. The molecule has 112 valence electrons. The molecule has 0 spiro atoms. The van der Waals surface area contributed by atoms with Crippen LogP contribution in [0.2, 0.25) is 0 Å². The summed E-state index contributed by atoms with van der Waals surface area (Å²) in [4.78, 5) is 12.5. The molecule has 2 aromatic rings. The summed E-state index contributed by atoms with van der Waals surface area (Å²) in [6.07, 6.45) is 8.13. The third-order valence-corrected chi connectivity index (χ3v) is 5.37. The molecule has 4 rings (SSSR count). The Morgan fingerprint density at radius 2 is 1.73 bits per heavy atom. The molecular weight excluding hydrogens is 268 g/mol. The van der Waals surface area contributed by atoms with E-state index in [0.29, 0.717) is 5.78 Å². The van der Waals surface area contributed by atoms with Gasteiger partial charge < -0.3 is 0 Å². The van der Waals surface area contributed by atoms with Crippen molar-refractivity contribution in [1.82, 2.24) is 0 Å². The van der Waals surface area contributed by atoms with Crippen LogP contribution in [0.15, 0.2) is 42.5 Å². The van der Waals surface area contributed by atoms with Crippen LogP contribution in [0.3, 0.4) is 0 Å². The number of fused-ring (bicyclic) bond motifs is 3. The van der Waals surface area contributed by atoms with Crippen molar-refractivity contribution in [1.29, 1.82) is 0 Å². The molecule has 0 amide bonds. The molecule has 2 aromatic carbocycles. The van der Waals surface area contributed by atoms with Crippen molar-refractivity contribution in [2.45, 2.75) is 44.9 Å². The second kappa shape index (κ2) is 5.72. The van der Waals surface area contributed by atoms with E-state index in [-0.39, 0.29) is 0 Å². The summed E-state index contributed by atoms with van der Waals surface area (Å²) in [5, 5.41) is 0. The number of benzene rings is 2. The Morgan fingerprint density at radius 3 is 2.59 bits per heavy atom. The number of rotatable bonds is 4. The average molecular weight is 290 g/mol. The molecule has 0 N–H and O–H groups in total. The molecule has 0 aromatic heterocycles. The van der Waals surface area contributed by atoms with E-state index in [4.69, 9.17) is 0 Å². The molecule has 2 aliphatic carbocycles. The Kier molecular flexibility index (Phi) is 3.57. The summed E-state index contributed by atoms with van der Waals surface area (Å²) in [5.41, 5.74) is 6.25. The first-order valence-corrected chi connectivity index (χ1v) is 8.55. The normalized spacial score (nSPS) is 16.5. The second-order valence-corrected chi connectivity index (χ2v) is 6.82. The first-order chi connectivity index (χ1) is 10.8. The zero-order valence-corrected chi connectivity index (χ0v) is 13.0. The van der Waals surface area contributed by atoms with E-state index in [1.54, 1.807) is 0 Å². The number of carbonyl (C=O) groups is 1. The van der Waals surface area contributed by atoms with Crippen molar-refractivity contribution in [3.05, 3.63) is 59.2 Å². The SMILES string of the molecule is O=C(CCC1CCCC1)c1ccc2c(c1)Cc1ccccc1-2. The van der Waals surface area contributed by atoms with E-state index < -0.39 is 0 Å². The van der Waals surface area contributed by atoms with E-state index >= 15 is 0 Å². The Balaban J connectivity index is 1.50. The largest absolute Gasteiger partial charge is 0.294 e. The van der Waals surface area contributed by atoms with Crippen LogP contribution in [0.25, 0.3) is 11.1 Å². The summed E-state index contributed by atoms with van der Waals surface area (Å²) in [6, 6.07) is 14.9. The molecule has 0 atom stereocenters. The molecular formula is C21H22O. The molecule has 1 heteroatoms. The maximum Gasteiger partial charge on any atom is 0.162 e. The molecule has 0 heterocycles. The van der Waals surface area contributed by atoms with E-state index in [0.717, 1.165) is 30.7 Å². The molecule has 0 bridgehead atoms. The lowest BCUT2D eigenvalue weighted by molar-refractivity contribution is 0.0974. The van der Waals surface area contributed by atoms with Gasteiger partial charge in [0.2, 0.25) is 0 Å². The number of hydrogen-bond acceptors (Lipinski definition) is 1. The molecule has 2 aliphatic rings. The van der Waals surface area contributed by atoms with Gasteiger partial charge in [0, 0.05) is 12.0 Å². The number of carbonyl (C=O) groups excluding carboxylic acids is 1. The first-order valence-electron chi connectivity index (χ1n) is 8.55. The molecule has 0 radical (unpaired) electrons. The monoisotopic (exact) mass is 290 g/mol. The van der Waals surface area contributed by atoms with Crippen molar-refractivity contribution in [3.63, 3.8) is 0 Å². The highest BCUT2D eigenvalue weighted by atomic mass is 16.1. The van der Waals surface area contributed by atoms with Gasteiger partial charge in [0.1, 0.15) is 0 Å². The average Bonchev–Trinajstić information content (AvgIpc) is 3.19. The number of Topliss-reactive ketones (excluding diaryl/α,β-unsaturated/α-hetero) is 1. The smallest absolute Gasteiger partial charge is 0.162 e. The molecule has 1 saturated carbocycles. The van der Waals surface area contributed by atoms with Crippen LogP contribution in [-0.4, -0.2) is 5.78 Å². The molecule has 22 heavy (non-hydrogen) atoms. The van der Waals surface area contributed by atoms with Gasteiger partial charge >= 0.3 is 0 Å². The van der Waals surface area contributed by atoms with Crippen LogP contribution in [0.4, 0.5) is 0 Å². The fraction of sp³-hybridized carbons (Fsp3) is 0.381. The van der Waals surface area contributed by atoms with Gasteiger partial charge in [-0.15, -0.1) is 0 Å². The van der Waals surface area contributed by atoms with E-state index in [1.807, 2.05) is 6.07 Å². The topological polar surface area (TPSA) is 17.1 Å². The standard InChI is InChI=1S/C21H22O/c22-21(12-9-15-5-1-2-6-15)17-10-11-20-18(14-17)13-16-7-3-4-8-19(16)20/h3-4,7-8,10-11,14-15H,1-2,5-6,9,12-13H2. The van der Waals surface area contributed by atoms with Crippen molar-refractivity contribution < 1.29 is 4.79 Å². The van der Waals surface area contributed by atoms with Crippen molar-refractivity contribution in [2.24, 2.45) is 5.92 Å². The van der Waals surface area contributed by atoms with Gasteiger partial charge in [-0.05, 0) is 47.1 Å². The quantitative estimate of drug-likeness (QED) is 0.587. The number of ketones is 1. The minimum atomic E-state index is 0.325. The zero-order chi connectivity index (χ0) is 14.9. The highest BCUT2D eigenvalue weighted by molar-refractivity contribution is 5.97. The Labute approximate surface area is 132 Å². The van der Waals surface area contributed by atoms with Crippen LogP contribution in [0, 0.1) is 5.92 Å². The summed E-state index contributed by atoms with van der Waals surface area (Å²) >= 11 is 0. The van der Waals surface area contributed by atoms with E-state index in [2.05, 4.69) is 36.4 Å². The minimum Gasteiger partial charge on any atom is -0.294 e. The molecule has 1 fully saturated rings. The maximum absolute atomic E-state index is 12.5. The van der Waals surface area contributed by atoms with E-state index in [1.165, 1.54) is 47.9 Å². The van der Waals surface area contributed by atoms with Crippen LogP contribution < -0.4 is 0 Å². The highest BCUT2D eigenvalue weighted by Gasteiger charge is 2.20. The van der Waals surface area contributed by atoms with Crippen molar-refractivity contribution in [3.8, 4) is 11.1 Å². The fourth-order valence-electron chi connectivity index (χ4n) is 4.10. The Bertz CT molecular complexity index is 708. The van der Waals surface area contributed by atoms with Crippen molar-refractivity contribution >= 4 is 5.78 Å². The van der Waals surface area contributed by atoms with Gasteiger partial charge in [-0.3, -0.25) is 4.79 Å². The second-order valence-electron chi connectivity index (χ2n) is 6.82. The van der Waals surface area contributed by atoms with E-state index in [9.17, 15) is 4.79 Å². The molecule has 1 nitrogen and oxygen atoms in total. The third-order valence-electron chi connectivity index (χ3n) is 5.37. The third kappa shape index (κ3) is 2.49. The van der Waals surface area contributed by atoms with Crippen LogP contribution in [0.1, 0.15) is 60.0 Å². The molecule has 0 unspecified atom stereocenters. The Hall–Kier alpha value is -1.89. The lowest BCUT2D eigenvalue weighted by atomic mass is 9.95. The predicted molar refractivity (Wildman–Crippen MR) is 90.2 cm³/mol. The van der Waals surface area contributed by atoms with Gasteiger partial charge in [-0.25, -0.2) is 0 Å². The summed E-state index contributed by atoms with van der Waals surface area (Å²) < 4.78 is 0. The van der Waals surface area contributed by atoms with Gasteiger partial charge in [0.15, 0.2) is 5.78 Å². The summed E-state index contributed by atoms with van der Waals surface area (Å²) in [7, 11) is 0. The summed E-state index contributed by atoms with van der Waals surface area (Å²) in [6.45, 7) is 0. The fourth-order valence-corrected chi connectivity index (χ4v) is 4.10. The molecule has 0 aliphatic heterocycles. The Morgan fingerprint density at radius 1 is 0.955 bits per heavy atom.